The fraction of sp³-hybridized carbons (Fsp3) is 0.176. The van der Waals surface area contributed by atoms with E-state index in [0.717, 1.165) is 15.8 Å². The summed E-state index contributed by atoms with van der Waals surface area (Å²) >= 11 is 1.42. The van der Waals surface area contributed by atoms with Crippen LogP contribution < -0.4 is 4.72 Å². The van der Waals surface area contributed by atoms with Crippen molar-refractivity contribution in [1.29, 1.82) is 0 Å². The quantitative estimate of drug-likeness (QED) is 0.745. The maximum Gasteiger partial charge on any atom is 0.241 e. The molecule has 1 unspecified atom stereocenters. The van der Waals surface area contributed by atoms with Gasteiger partial charge < -0.3 is 5.11 Å². The number of aliphatic hydroxyl groups excluding tert-OH is 1. The number of nitrogens with one attached hydrogen (secondary N) is 1. The minimum absolute atomic E-state index is 0.0487. The van der Waals surface area contributed by atoms with Gasteiger partial charge in [0.25, 0.3) is 0 Å². The van der Waals surface area contributed by atoms with Crippen molar-refractivity contribution < 1.29 is 13.5 Å². The van der Waals surface area contributed by atoms with Gasteiger partial charge >= 0.3 is 0 Å². The number of fused-ring (bicyclic) bond motifs is 1. The Morgan fingerprint density at radius 1 is 1.13 bits per heavy atom. The fourth-order valence-corrected chi connectivity index (χ4v) is 4.69. The predicted molar refractivity (Wildman–Crippen MR) is 93.2 cm³/mol. The lowest BCUT2D eigenvalue weighted by Gasteiger charge is -2.13. The number of aliphatic hydroxyl groups is 1. The van der Waals surface area contributed by atoms with E-state index in [4.69, 9.17) is 0 Å². The van der Waals surface area contributed by atoms with Crippen molar-refractivity contribution >= 4 is 32.1 Å². The first kappa shape index (κ1) is 16.1. The lowest BCUT2D eigenvalue weighted by molar-refractivity contribution is 0.185. The Morgan fingerprint density at radius 2 is 1.87 bits per heavy atom. The number of hydrogen-bond acceptors (Lipinski definition) is 4. The molecule has 0 bridgehead atoms. The van der Waals surface area contributed by atoms with Gasteiger partial charge in [-0.3, -0.25) is 0 Å². The molecule has 2 N–H and O–H groups in total. The zero-order chi connectivity index (χ0) is 16.4. The molecule has 1 heterocycles. The summed E-state index contributed by atoms with van der Waals surface area (Å²) in [5, 5.41) is 13.6. The van der Waals surface area contributed by atoms with Crippen LogP contribution in [0.3, 0.4) is 0 Å². The number of hydrogen-bond donors (Lipinski definition) is 2. The molecule has 3 aromatic rings. The highest BCUT2D eigenvalue weighted by Crippen LogP contribution is 2.25. The van der Waals surface area contributed by atoms with E-state index >= 15 is 0 Å². The SMILES string of the molecule is Cc1ccsc1C(O)CNS(=O)(=O)c1cccc2ccccc12. The van der Waals surface area contributed by atoms with E-state index in [1.54, 1.807) is 18.2 Å². The van der Waals surface area contributed by atoms with Crippen LogP contribution in [0.4, 0.5) is 0 Å². The summed E-state index contributed by atoms with van der Waals surface area (Å²) < 4.78 is 27.7. The second kappa shape index (κ2) is 6.41. The van der Waals surface area contributed by atoms with Gasteiger partial charge in [0.15, 0.2) is 0 Å². The van der Waals surface area contributed by atoms with Gasteiger partial charge in [-0.15, -0.1) is 11.3 Å². The maximum absolute atomic E-state index is 12.6. The van der Waals surface area contributed by atoms with Crippen molar-refractivity contribution in [3.8, 4) is 0 Å². The van der Waals surface area contributed by atoms with E-state index in [2.05, 4.69) is 4.72 Å². The van der Waals surface area contributed by atoms with E-state index in [1.807, 2.05) is 42.6 Å². The average Bonchev–Trinajstić information content (AvgIpc) is 2.98. The molecule has 1 atom stereocenters. The van der Waals surface area contributed by atoms with Crippen LogP contribution in [-0.2, 0) is 10.0 Å². The first-order valence-electron chi connectivity index (χ1n) is 7.18. The monoisotopic (exact) mass is 347 g/mol. The van der Waals surface area contributed by atoms with Crippen LogP contribution in [0.15, 0.2) is 58.8 Å². The predicted octanol–water partition coefficient (Wildman–Crippen LogP) is 3.22. The molecule has 0 fully saturated rings. The maximum atomic E-state index is 12.6. The molecule has 6 heteroatoms. The van der Waals surface area contributed by atoms with Crippen molar-refractivity contribution in [2.45, 2.75) is 17.9 Å². The molecule has 23 heavy (non-hydrogen) atoms. The van der Waals surface area contributed by atoms with E-state index in [1.165, 1.54) is 11.3 Å². The molecule has 2 aromatic carbocycles. The average molecular weight is 347 g/mol. The lowest BCUT2D eigenvalue weighted by atomic mass is 10.1. The van der Waals surface area contributed by atoms with Crippen molar-refractivity contribution in [3.63, 3.8) is 0 Å². The summed E-state index contributed by atoms with van der Waals surface area (Å²) in [5.74, 6) is 0. The van der Waals surface area contributed by atoms with Crippen LogP contribution in [0.5, 0.6) is 0 Å². The molecule has 4 nitrogen and oxygen atoms in total. The number of rotatable bonds is 5. The molecule has 0 amide bonds. The van der Waals surface area contributed by atoms with E-state index in [-0.39, 0.29) is 11.4 Å². The van der Waals surface area contributed by atoms with Crippen molar-refractivity contribution in [1.82, 2.24) is 4.72 Å². The van der Waals surface area contributed by atoms with Crippen LogP contribution >= 0.6 is 11.3 Å². The Kier molecular flexibility index (Phi) is 4.50. The zero-order valence-electron chi connectivity index (χ0n) is 12.6. The summed E-state index contributed by atoms with van der Waals surface area (Å²) in [4.78, 5) is 1.01. The van der Waals surface area contributed by atoms with Crippen LogP contribution in [0.25, 0.3) is 10.8 Å². The van der Waals surface area contributed by atoms with Gasteiger partial charge in [0.1, 0.15) is 6.10 Å². The minimum Gasteiger partial charge on any atom is -0.386 e. The lowest BCUT2D eigenvalue weighted by Crippen LogP contribution is -2.28. The van der Waals surface area contributed by atoms with Crippen molar-refractivity contribution in [2.75, 3.05) is 6.54 Å². The fourth-order valence-electron chi connectivity index (χ4n) is 2.51. The van der Waals surface area contributed by atoms with Gasteiger partial charge in [-0.05, 0) is 35.4 Å². The molecule has 0 aliphatic carbocycles. The Hall–Kier alpha value is -1.73. The number of thiophene rings is 1. The van der Waals surface area contributed by atoms with Crippen molar-refractivity contribution in [3.05, 3.63) is 64.4 Å². The summed E-state index contributed by atoms with van der Waals surface area (Å²) in [6, 6.07) is 14.4. The molecule has 0 spiro atoms. The van der Waals surface area contributed by atoms with E-state index in [0.29, 0.717) is 5.39 Å². The molecule has 1 aromatic heterocycles. The summed E-state index contributed by atoms with van der Waals surface area (Å²) in [7, 11) is -3.69. The third-order valence-electron chi connectivity index (χ3n) is 3.71. The summed E-state index contributed by atoms with van der Waals surface area (Å²) in [6.07, 6.45) is -0.847. The van der Waals surface area contributed by atoms with E-state index in [9.17, 15) is 13.5 Å². The topological polar surface area (TPSA) is 66.4 Å². The second-order valence-corrected chi connectivity index (χ2v) is 8.00. The highest BCUT2D eigenvalue weighted by atomic mass is 32.2. The molecule has 3 rings (SSSR count). The van der Waals surface area contributed by atoms with Crippen LogP contribution in [0.1, 0.15) is 16.5 Å². The molecule has 0 aliphatic heterocycles. The number of aryl methyl sites for hydroxylation is 1. The number of sulfonamides is 1. The Labute approximate surface area is 139 Å². The summed E-state index contributed by atoms with van der Waals surface area (Å²) in [6.45, 7) is 1.85. The first-order valence-corrected chi connectivity index (χ1v) is 9.55. The molecule has 0 saturated heterocycles. The molecule has 0 saturated carbocycles. The number of benzene rings is 2. The normalized spacial score (nSPS) is 13.3. The molecule has 120 valence electrons. The Bertz CT molecular complexity index is 926. The van der Waals surface area contributed by atoms with Gasteiger partial charge in [0, 0.05) is 16.8 Å². The zero-order valence-corrected chi connectivity index (χ0v) is 14.2. The smallest absolute Gasteiger partial charge is 0.241 e. The van der Waals surface area contributed by atoms with Crippen LogP contribution in [0, 0.1) is 6.92 Å². The van der Waals surface area contributed by atoms with Gasteiger partial charge in [-0.1, -0.05) is 36.4 Å². The minimum atomic E-state index is -3.69. The van der Waals surface area contributed by atoms with E-state index < -0.39 is 16.1 Å². The van der Waals surface area contributed by atoms with Crippen LogP contribution in [-0.4, -0.2) is 20.1 Å². The highest BCUT2D eigenvalue weighted by Gasteiger charge is 2.20. The van der Waals surface area contributed by atoms with Gasteiger partial charge in [0.2, 0.25) is 10.0 Å². The summed E-state index contributed by atoms with van der Waals surface area (Å²) in [5.41, 5.74) is 0.965. The molecular formula is C17H17NO3S2. The standard InChI is InChI=1S/C17H17NO3S2/c1-12-9-10-22-17(12)15(19)11-18-23(20,21)16-8-4-6-13-5-2-3-7-14(13)16/h2-10,15,18-19H,11H2,1H3. The van der Waals surface area contributed by atoms with Gasteiger partial charge in [0.05, 0.1) is 4.90 Å². The Morgan fingerprint density at radius 3 is 2.61 bits per heavy atom. The largest absolute Gasteiger partial charge is 0.386 e. The Balaban J connectivity index is 1.85. The first-order chi connectivity index (χ1) is 11.0. The van der Waals surface area contributed by atoms with Gasteiger partial charge in [-0.25, -0.2) is 13.1 Å². The molecular weight excluding hydrogens is 330 g/mol. The van der Waals surface area contributed by atoms with Crippen LogP contribution in [0.2, 0.25) is 0 Å². The molecule has 0 aliphatic rings. The second-order valence-electron chi connectivity index (χ2n) is 5.31. The highest BCUT2D eigenvalue weighted by molar-refractivity contribution is 7.89. The third kappa shape index (κ3) is 3.30. The van der Waals surface area contributed by atoms with Crippen molar-refractivity contribution in [2.24, 2.45) is 0 Å². The molecule has 0 radical (unpaired) electrons. The third-order valence-corrected chi connectivity index (χ3v) is 6.31. The van der Waals surface area contributed by atoms with Gasteiger partial charge in [-0.2, -0.15) is 0 Å².